The largest absolute Gasteiger partial charge is 0.366 e. The van der Waals surface area contributed by atoms with E-state index in [9.17, 15) is 13.2 Å². The molecule has 116 valence electrons. The number of sulfonamides is 1. The first-order chi connectivity index (χ1) is 9.96. The van der Waals surface area contributed by atoms with E-state index in [0.29, 0.717) is 12.1 Å². The molecule has 0 atom stereocenters. The SMILES string of the molecule is CCN(C1CCNCC1)S(=O)(=O)c1ccc(C(N)=O)cc1. The van der Waals surface area contributed by atoms with E-state index in [1.807, 2.05) is 6.92 Å². The van der Waals surface area contributed by atoms with E-state index in [4.69, 9.17) is 5.73 Å². The summed E-state index contributed by atoms with van der Waals surface area (Å²) in [5.41, 5.74) is 5.47. The van der Waals surface area contributed by atoms with Crippen LogP contribution in [0, 0.1) is 0 Å². The van der Waals surface area contributed by atoms with Crippen molar-refractivity contribution in [1.29, 1.82) is 0 Å². The van der Waals surface area contributed by atoms with E-state index in [-0.39, 0.29) is 10.9 Å². The zero-order chi connectivity index (χ0) is 15.5. The molecule has 1 aromatic carbocycles. The molecule has 1 heterocycles. The number of nitrogens with two attached hydrogens (primary N) is 1. The van der Waals surface area contributed by atoms with Crippen molar-refractivity contribution >= 4 is 15.9 Å². The van der Waals surface area contributed by atoms with Crippen LogP contribution in [0.2, 0.25) is 0 Å². The summed E-state index contributed by atoms with van der Waals surface area (Å²) in [7, 11) is -3.54. The van der Waals surface area contributed by atoms with Crippen molar-refractivity contribution in [3.05, 3.63) is 29.8 Å². The smallest absolute Gasteiger partial charge is 0.248 e. The molecule has 0 radical (unpaired) electrons. The molecule has 1 aliphatic heterocycles. The third-order valence-electron chi connectivity index (χ3n) is 3.77. The third kappa shape index (κ3) is 3.42. The molecule has 6 nitrogen and oxygen atoms in total. The fourth-order valence-corrected chi connectivity index (χ4v) is 4.34. The molecule has 0 unspecified atom stereocenters. The van der Waals surface area contributed by atoms with Crippen molar-refractivity contribution in [2.24, 2.45) is 5.73 Å². The predicted octanol–water partition coefficient (Wildman–Crippen LogP) is 0.548. The first-order valence-corrected chi connectivity index (χ1v) is 8.53. The molecular formula is C14H21N3O3S. The Bertz CT molecular complexity index is 592. The molecule has 2 rings (SSSR count). The van der Waals surface area contributed by atoms with E-state index in [2.05, 4.69) is 5.32 Å². The van der Waals surface area contributed by atoms with E-state index in [1.165, 1.54) is 24.3 Å². The fraction of sp³-hybridized carbons (Fsp3) is 0.500. The average molecular weight is 311 g/mol. The van der Waals surface area contributed by atoms with Gasteiger partial charge in [-0.3, -0.25) is 4.79 Å². The van der Waals surface area contributed by atoms with Gasteiger partial charge in [0, 0.05) is 18.2 Å². The molecule has 0 aromatic heterocycles. The van der Waals surface area contributed by atoms with Crippen LogP contribution in [0.1, 0.15) is 30.1 Å². The summed E-state index contributed by atoms with van der Waals surface area (Å²) < 4.78 is 27.0. The molecule has 7 heteroatoms. The highest BCUT2D eigenvalue weighted by Crippen LogP contribution is 2.22. The van der Waals surface area contributed by atoms with Gasteiger partial charge in [-0.2, -0.15) is 4.31 Å². The number of primary amides is 1. The van der Waals surface area contributed by atoms with Gasteiger partial charge in [-0.25, -0.2) is 8.42 Å². The molecule has 0 spiro atoms. The molecule has 0 saturated carbocycles. The summed E-state index contributed by atoms with van der Waals surface area (Å²) in [6.07, 6.45) is 1.62. The van der Waals surface area contributed by atoms with Crippen LogP contribution in [0.4, 0.5) is 0 Å². The summed E-state index contributed by atoms with van der Waals surface area (Å²) in [6, 6.07) is 5.81. The zero-order valence-electron chi connectivity index (χ0n) is 12.1. The van der Waals surface area contributed by atoms with Crippen LogP contribution in [-0.2, 0) is 10.0 Å². The number of nitrogens with zero attached hydrogens (tertiary/aromatic N) is 1. The number of hydrogen-bond acceptors (Lipinski definition) is 4. The molecule has 21 heavy (non-hydrogen) atoms. The maximum absolute atomic E-state index is 12.7. The average Bonchev–Trinajstić information content (AvgIpc) is 2.49. The molecule has 1 saturated heterocycles. The Hall–Kier alpha value is -1.44. The Balaban J connectivity index is 2.27. The van der Waals surface area contributed by atoms with Crippen molar-refractivity contribution in [3.63, 3.8) is 0 Å². The van der Waals surface area contributed by atoms with Gasteiger partial charge in [0.05, 0.1) is 4.90 Å². The van der Waals surface area contributed by atoms with Gasteiger partial charge in [0.15, 0.2) is 0 Å². The maximum Gasteiger partial charge on any atom is 0.248 e. The van der Waals surface area contributed by atoms with Crippen molar-refractivity contribution in [2.75, 3.05) is 19.6 Å². The second-order valence-corrected chi connectivity index (χ2v) is 6.97. The Morgan fingerprint density at radius 1 is 1.29 bits per heavy atom. The number of rotatable bonds is 5. The van der Waals surface area contributed by atoms with Crippen LogP contribution in [0.3, 0.4) is 0 Å². The standard InChI is InChI=1S/C14H21N3O3S/c1-2-17(12-7-9-16-10-8-12)21(19,20)13-5-3-11(4-6-13)14(15)18/h3-6,12,16H,2,7-10H2,1H3,(H2,15,18). The quantitative estimate of drug-likeness (QED) is 0.830. The molecule has 0 bridgehead atoms. The molecule has 1 amide bonds. The van der Waals surface area contributed by atoms with E-state index in [1.54, 1.807) is 4.31 Å². The van der Waals surface area contributed by atoms with Gasteiger partial charge in [0.2, 0.25) is 15.9 Å². The van der Waals surface area contributed by atoms with Gasteiger partial charge in [-0.05, 0) is 50.2 Å². The summed E-state index contributed by atoms with van der Waals surface area (Å²) in [6.45, 7) is 3.94. The highest BCUT2D eigenvalue weighted by Gasteiger charge is 2.30. The van der Waals surface area contributed by atoms with Gasteiger partial charge in [-0.15, -0.1) is 0 Å². The number of carbonyl (C=O) groups is 1. The van der Waals surface area contributed by atoms with E-state index >= 15 is 0 Å². The minimum atomic E-state index is -3.54. The highest BCUT2D eigenvalue weighted by atomic mass is 32.2. The Morgan fingerprint density at radius 2 is 1.86 bits per heavy atom. The Kier molecular flexibility index (Phi) is 4.97. The van der Waals surface area contributed by atoms with Crippen LogP contribution >= 0.6 is 0 Å². The first-order valence-electron chi connectivity index (χ1n) is 7.09. The number of carbonyl (C=O) groups excluding carboxylic acids is 1. The lowest BCUT2D eigenvalue weighted by Gasteiger charge is -2.33. The number of nitrogens with one attached hydrogen (secondary N) is 1. The minimum absolute atomic E-state index is 0.0251. The predicted molar refractivity (Wildman–Crippen MR) is 80.4 cm³/mol. The van der Waals surface area contributed by atoms with Crippen molar-refractivity contribution in [2.45, 2.75) is 30.7 Å². The topological polar surface area (TPSA) is 92.5 Å². The molecule has 0 aliphatic carbocycles. The normalized spacial score (nSPS) is 17.0. The highest BCUT2D eigenvalue weighted by molar-refractivity contribution is 7.89. The Morgan fingerprint density at radius 3 is 2.33 bits per heavy atom. The van der Waals surface area contributed by atoms with Gasteiger partial charge < -0.3 is 11.1 Å². The zero-order valence-corrected chi connectivity index (χ0v) is 12.9. The number of piperidine rings is 1. The summed E-state index contributed by atoms with van der Waals surface area (Å²) in [5.74, 6) is -0.565. The van der Waals surface area contributed by atoms with Gasteiger partial charge >= 0.3 is 0 Å². The number of hydrogen-bond donors (Lipinski definition) is 2. The van der Waals surface area contributed by atoms with Crippen molar-refractivity contribution in [3.8, 4) is 0 Å². The second kappa shape index (κ2) is 6.55. The van der Waals surface area contributed by atoms with Gasteiger partial charge in [-0.1, -0.05) is 6.92 Å². The second-order valence-electron chi connectivity index (χ2n) is 5.08. The summed E-state index contributed by atoms with van der Waals surface area (Å²) in [5, 5.41) is 3.23. The van der Waals surface area contributed by atoms with Crippen molar-refractivity contribution < 1.29 is 13.2 Å². The van der Waals surface area contributed by atoms with Crippen LogP contribution in [0.5, 0.6) is 0 Å². The lowest BCUT2D eigenvalue weighted by atomic mass is 10.1. The van der Waals surface area contributed by atoms with Gasteiger partial charge in [0.25, 0.3) is 0 Å². The molecule has 1 aromatic rings. The number of amides is 1. The Labute approximate surface area is 125 Å². The number of benzene rings is 1. The lowest BCUT2D eigenvalue weighted by Crippen LogP contribution is -2.45. The van der Waals surface area contributed by atoms with Crippen LogP contribution < -0.4 is 11.1 Å². The monoisotopic (exact) mass is 311 g/mol. The molecule has 1 fully saturated rings. The third-order valence-corrected chi connectivity index (χ3v) is 5.81. The van der Waals surface area contributed by atoms with Crippen LogP contribution in [-0.4, -0.2) is 44.3 Å². The summed E-state index contributed by atoms with van der Waals surface area (Å²) >= 11 is 0. The van der Waals surface area contributed by atoms with Crippen LogP contribution in [0.15, 0.2) is 29.2 Å². The molecule has 1 aliphatic rings. The van der Waals surface area contributed by atoms with Crippen LogP contribution in [0.25, 0.3) is 0 Å². The van der Waals surface area contributed by atoms with E-state index < -0.39 is 15.9 Å². The molecular weight excluding hydrogens is 290 g/mol. The first kappa shape index (κ1) is 15.9. The minimum Gasteiger partial charge on any atom is -0.366 e. The summed E-state index contributed by atoms with van der Waals surface area (Å²) in [4.78, 5) is 11.3. The van der Waals surface area contributed by atoms with E-state index in [0.717, 1.165) is 25.9 Å². The lowest BCUT2D eigenvalue weighted by molar-refractivity contribution is 0.1000. The molecule has 3 N–H and O–H groups in total. The maximum atomic E-state index is 12.7. The van der Waals surface area contributed by atoms with Gasteiger partial charge in [0.1, 0.15) is 0 Å². The van der Waals surface area contributed by atoms with Crippen molar-refractivity contribution in [1.82, 2.24) is 9.62 Å². The fourth-order valence-electron chi connectivity index (χ4n) is 2.65.